The quantitative estimate of drug-likeness (QED) is 0.0847. The lowest BCUT2D eigenvalue weighted by Gasteiger charge is -2.27. The third-order valence-electron chi connectivity index (χ3n) is 7.39. The van der Waals surface area contributed by atoms with Crippen molar-refractivity contribution in [2.24, 2.45) is 5.92 Å². The number of nitrogens with one attached hydrogen (secondary N) is 1. The van der Waals surface area contributed by atoms with E-state index in [-0.39, 0.29) is 44.6 Å². The third kappa shape index (κ3) is 21.3. The SMILES string of the molecule is CCOC(=O)[C@H](C)OC(=O)[C@H](C)OC(=O)[C@H](C)OC(=O)[C@H](C)CC(=O)CCC(=O)O[C@@H](CNC(C)(C)C)COc1nsnc1N1CCOCC1.O=C(O)/C=C\C(=O)O. The van der Waals surface area contributed by atoms with Crippen LogP contribution in [0.5, 0.6) is 5.88 Å². The lowest BCUT2D eigenvalue weighted by atomic mass is 10.0. The number of carbonyl (C=O) groups is 8. The maximum Gasteiger partial charge on any atom is 0.347 e. The number of ether oxygens (including phenoxy) is 7. The van der Waals surface area contributed by atoms with Crippen LogP contribution in [0.3, 0.4) is 0 Å². The van der Waals surface area contributed by atoms with Crippen LogP contribution in [0.4, 0.5) is 5.82 Å². The minimum absolute atomic E-state index is 0.00168. The highest BCUT2D eigenvalue weighted by atomic mass is 32.1. The van der Waals surface area contributed by atoms with E-state index in [0.29, 0.717) is 50.2 Å². The van der Waals surface area contributed by atoms with Gasteiger partial charge in [-0.15, -0.1) is 4.37 Å². The number of aromatic nitrogens is 2. The molecule has 0 bridgehead atoms. The van der Waals surface area contributed by atoms with Crippen LogP contribution >= 0.6 is 11.7 Å². The van der Waals surface area contributed by atoms with E-state index in [1.54, 1.807) is 6.92 Å². The Balaban J connectivity index is 0.00000189. The Kier molecular flexibility index (Phi) is 22.7. The second kappa shape index (κ2) is 25.9. The van der Waals surface area contributed by atoms with Gasteiger partial charge in [0.15, 0.2) is 18.3 Å². The molecule has 1 aromatic heterocycles. The molecule has 5 atom stereocenters. The van der Waals surface area contributed by atoms with E-state index in [2.05, 4.69) is 14.1 Å². The summed E-state index contributed by atoms with van der Waals surface area (Å²) in [6.45, 7) is 15.5. The van der Waals surface area contributed by atoms with Gasteiger partial charge in [0.2, 0.25) is 5.82 Å². The molecule has 1 aliphatic rings. The smallest absolute Gasteiger partial charge is 0.347 e. The molecule has 2 rings (SSSR count). The Labute approximate surface area is 339 Å². The standard InChI is InChI=1S/C32H50N4O13S.C4H4O4/c1-9-44-29(40)20(3)47-31(42)22(5)48-30(41)21(4)46-28(39)19(2)16-23(37)10-11-25(38)49-24(17-33-32(6,7)8)18-45-27-26(34-50-35-27)36-12-14-43-15-13-36;5-3(6)1-2-4(7)8/h19-22,24,33H,9-18H2,1-8H3;1-2H,(H,5,6)(H,7,8)/b;2-1-/t19-,20+,21+,22+,24+;/m1./s1. The molecule has 1 saturated heterocycles. The molecule has 0 unspecified atom stereocenters. The topological polar surface area (TPSA) is 283 Å². The number of Topliss-reactive ketones (excluding diaryl/α,β-unsaturated/α-hetero) is 1. The van der Waals surface area contributed by atoms with Crippen molar-refractivity contribution in [2.75, 3.05) is 51.0 Å². The largest absolute Gasteiger partial charge is 0.478 e. The van der Waals surface area contributed by atoms with Crippen molar-refractivity contribution in [3.05, 3.63) is 12.2 Å². The maximum atomic E-state index is 12.8. The van der Waals surface area contributed by atoms with Crippen LogP contribution in [0, 0.1) is 5.92 Å². The highest BCUT2D eigenvalue weighted by Gasteiger charge is 2.30. The van der Waals surface area contributed by atoms with Crippen molar-refractivity contribution in [3.63, 3.8) is 0 Å². The first kappa shape index (κ1) is 50.8. The Hall–Kier alpha value is -5.22. The van der Waals surface area contributed by atoms with Gasteiger partial charge in [0, 0.05) is 50.2 Å². The van der Waals surface area contributed by atoms with Crippen molar-refractivity contribution in [2.45, 2.75) is 105 Å². The van der Waals surface area contributed by atoms with Gasteiger partial charge in [0.25, 0.3) is 5.88 Å². The van der Waals surface area contributed by atoms with Gasteiger partial charge < -0.3 is 53.6 Å². The predicted octanol–water partition coefficient (Wildman–Crippen LogP) is 1.50. The molecule has 3 N–H and O–H groups in total. The number of nitrogens with zero attached hydrogens (tertiary/aromatic N) is 3. The van der Waals surface area contributed by atoms with Crippen LogP contribution in [0.25, 0.3) is 0 Å². The first-order valence-corrected chi connectivity index (χ1v) is 19.0. The zero-order valence-corrected chi connectivity index (χ0v) is 34.7. The van der Waals surface area contributed by atoms with Crippen molar-refractivity contribution in [3.8, 4) is 5.88 Å². The van der Waals surface area contributed by atoms with E-state index in [4.69, 9.17) is 43.4 Å². The van der Waals surface area contributed by atoms with Gasteiger partial charge in [-0.1, -0.05) is 6.92 Å². The number of carbonyl (C=O) groups excluding carboxylic acids is 6. The molecule has 2 heterocycles. The summed E-state index contributed by atoms with van der Waals surface area (Å²) in [5.74, 6) is -7.15. The number of rotatable bonds is 22. The minimum atomic E-state index is -1.40. The summed E-state index contributed by atoms with van der Waals surface area (Å²) in [6, 6.07) is 0. The Morgan fingerprint density at radius 3 is 1.86 bits per heavy atom. The molecule has 0 amide bonds. The normalized spacial score (nSPS) is 15.3. The van der Waals surface area contributed by atoms with Crippen molar-refractivity contribution >= 4 is 65.1 Å². The van der Waals surface area contributed by atoms with Gasteiger partial charge in [-0.3, -0.25) is 14.4 Å². The van der Waals surface area contributed by atoms with E-state index in [9.17, 15) is 38.4 Å². The van der Waals surface area contributed by atoms with Gasteiger partial charge >= 0.3 is 41.8 Å². The number of anilines is 1. The summed E-state index contributed by atoms with van der Waals surface area (Å²) in [5.41, 5.74) is -0.269. The molecule has 1 fully saturated rings. The van der Waals surface area contributed by atoms with Gasteiger partial charge in [-0.25, -0.2) is 24.0 Å². The highest BCUT2D eigenvalue weighted by Crippen LogP contribution is 2.26. The van der Waals surface area contributed by atoms with Crippen LogP contribution in [-0.2, 0) is 66.8 Å². The molecule has 22 heteroatoms. The molecule has 1 aromatic rings. The fraction of sp³-hybridized carbons (Fsp3) is 0.667. The van der Waals surface area contributed by atoms with E-state index in [1.807, 2.05) is 25.7 Å². The molecule has 0 radical (unpaired) electrons. The second-order valence-electron chi connectivity index (χ2n) is 13.7. The summed E-state index contributed by atoms with van der Waals surface area (Å²) in [7, 11) is 0. The summed E-state index contributed by atoms with van der Waals surface area (Å²) in [5, 5.41) is 18.9. The van der Waals surface area contributed by atoms with Crippen molar-refractivity contribution < 1.29 is 81.7 Å². The van der Waals surface area contributed by atoms with Gasteiger partial charge in [-0.2, -0.15) is 4.37 Å². The van der Waals surface area contributed by atoms with Gasteiger partial charge in [0.1, 0.15) is 18.5 Å². The van der Waals surface area contributed by atoms with Crippen LogP contribution < -0.4 is 15.0 Å². The lowest BCUT2D eigenvalue weighted by Crippen LogP contribution is -2.44. The zero-order valence-electron chi connectivity index (χ0n) is 33.9. The first-order chi connectivity index (χ1) is 27.1. The summed E-state index contributed by atoms with van der Waals surface area (Å²) >= 11 is 1.02. The fourth-order valence-corrected chi connectivity index (χ4v) is 4.87. The number of hydrogen-bond acceptors (Lipinski definition) is 20. The van der Waals surface area contributed by atoms with Gasteiger partial charge in [-0.05, 0) is 48.5 Å². The minimum Gasteiger partial charge on any atom is -0.478 e. The molecular formula is C36H54N4O17S. The van der Waals surface area contributed by atoms with Crippen LogP contribution in [0.2, 0.25) is 0 Å². The van der Waals surface area contributed by atoms with E-state index in [1.165, 1.54) is 27.7 Å². The molecular weight excluding hydrogens is 792 g/mol. The fourth-order valence-electron chi connectivity index (χ4n) is 4.35. The lowest BCUT2D eigenvalue weighted by molar-refractivity contribution is -0.182. The van der Waals surface area contributed by atoms with E-state index >= 15 is 0 Å². The monoisotopic (exact) mass is 846 g/mol. The molecule has 0 spiro atoms. The van der Waals surface area contributed by atoms with Crippen molar-refractivity contribution in [1.29, 1.82) is 0 Å². The number of carboxylic acid groups (broad SMARTS) is 2. The number of carboxylic acids is 2. The molecule has 58 heavy (non-hydrogen) atoms. The molecule has 0 aromatic carbocycles. The summed E-state index contributed by atoms with van der Waals surface area (Å²) in [6.07, 6.45) is -4.25. The molecule has 21 nitrogen and oxygen atoms in total. The molecule has 1 aliphatic heterocycles. The zero-order chi connectivity index (χ0) is 44.0. The van der Waals surface area contributed by atoms with Crippen molar-refractivity contribution in [1.82, 2.24) is 14.1 Å². The van der Waals surface area contributed by atoms with Crippen LogP contribution in [0.1, 0.15) is 74.7 Å². The molecule has 0 saturated carbocycles. The average molecular weight is 847 g/mol. The molecule has 0 aliphatic carbocycles. The summed E-state index contributed by atoms with van der Waals surface area (Å²) in [4.78, 5) is 95.3. The predicted molar refractivity (Wildman–Crippen MR) is 202 cm³/mol. The Morgan fingerprint density at radius 2 is 1.34 bits per heavy atom. The Bertz CT molecular complexity index is 1550. The maximum absolute atomic E-state index is 12.8. The van der Waals surface area contributed by atoms with Gasteiger partial charge in [0.05, 0.1) is 43.9 Å². The van der Waals surface area contributed by atoms with E-state index < -0.39 is 77.9 Å². The summed E-state index contributed by atoms with van der Waals surface area (Å²) < 4.78 is 45.3. The van der Waals surface area contributed by atoms with Crippen LogP contribution in [-0.4, -0.2) is 143 Å². The number of aliphatic carboxylic acids is 2. The number of esters is 5. The molecule has 326 valence electrons. The number of morpholine rings is 1. The number of ketones is 1. The highest BCUT2D eigenvalue weighted by molar-refractivity contribution is 6.99. The Morgan fingerprint density at radius 1 is 0.810 bits per heavy atom. The second-order valence-corrected chi connectivity index (χ2v) is 14.2. The third-order valence-corrected chi connectivity index (χ3v) is 7.89. The number of hydrogen-bond donors (Lipinski definition) is 3. The van der Waals surface area contributed by atoms with E-state index in [0.717, 1.165) is 11.7 Å². The van der Waals surface area contributed by atoms with Crippen LogP contribution in [0.15, 0.2) is 12.2 Å². The first-order valence-electron chi connectivity index (χ1n) is 18.3. The average Bonchev–Trinajstić information content (AvgIpc) is 3.63.